The monoisotopic (exact) mass is 371 g/mol. The van der Waals surface area contributed by atoms with E-state index in [4.69, 9.17) is 14.2 Å². The van der Waals surface area contributed by atoms with Gasteiger partial charge in [0.25, 0.3) is 5.91 Å². The van der Waals surface area contributed by atoms with Gasteiger partial charge in [0.2, 0.25) is 0 Å². The number of nitrogens with one attached hydrogen (secondary N) is 1. The smallest absolute Gasteiger partial charge is 0.341 e. The van der Waals surface area contributed by atoms with Crippen molar-refractivity contribution in [2.45, 2.75) is 26.3 Å². The van der Waals surface area contributed by atoms with E-state index in [0.29, 0.717) is 17.1 Å². The normalized spacial score (nSPS) is 11.4. The van der Waals surface area contributed by atoms with Crippen LogP contribution in [-0.4, -0.2) is 32.7 Å². The van der Waals surface area contributed by atoms with Crippen LogP contribution in [0.5, 0.6) is 11.5 Å². The molecule has 0 aromatic heterocycles. The molecule has 1 atom stereocenters. The molecule has 0 fully saturated rings. The van der Waals surface area contributed by atoms with Crippen LogP contribution in [-0.2, 0) is 16.0 Å². The van der Waals surface area contributed by atoms with Crippen LogP contribution in [0.4, 0.5) is 0 Å². The molecule has 0 radical (unpaired) electrons. The molecule has 0 heterocycles. The molecular weight excluding hydrogens is 346 g/mol. The third-order valence-corrected chi connectivity index (χ3v) is 4.21. The van der Waals surface area contributed by atoms with Crippen molar-refractivity contribution in [2.75, 3.05) is 20.8 Å². The standard InChI is InChI=1S/C21H25NO5/c1-5-15-6-8-16(9-7-15)14(2)22-20(23)13-27-17-10-11-18(21(24)26-4)19(12-17)25-3/h6-12,14H,5,13H2,1-4H3,(H,22,23). The number of rotatable bonds is 8. The Morgan fingerprint density at radius 1 is 1.07 bits per heavy atom. The number of methoxy groups -OCH3 is 2. The van der Waals surface area contributed by atoms with Crippen molar-refractivity contribution >= 4 is 11.9 Å². The van der Waals surface area contributed by atoms with Gasteiger partial charge in [0.05, 0.1) is 20.3 Å². The Kier molecular flexibility index (Phi) is 7.23. The maximum absolute atomic E-state index is 12.2. The van der Waals surface area contributed by atoms with Gasteiger partial charge in [-0.2, -0.15) is 0 Å². The second-order valence-corrected chi connectivity index (χ2v) is 6.03. The summed E-state index contributed by atoms with van der Waals surface area (Å²) in [6.45, 7) is 3.88. The topological polar surface area (TPSA) is 73.9 Å². The van der Waals surface area contributed by atoms with Crippen LogP contribution in [0.3, 0.4) is 0 Å². The Labute approximate surface area is 159 Å². The second kappa shape index (κ2) is 9.62. The molecule has 2 aromatic carbocycles. The number of hydrogen-bond acceptors (Lipinski definition) is 5. The highest BCUT2D eigenvalue weighted by Gasteiger charge is 2.15. The summed E-state index contributed by atoms with van der Waals surface area (Å²) >= 11 is 0. The quantitative estimate of drug-likeness (QED) is 0.721. The minimum atomic E-state index is -0.501. The Morgan fingerprint density at radius 2 is 1.78 bits per heavy atom. The first-order valence-corrected chi connectivity index (χ1v) is 8.75. The van der Waals surface area contributed by atoms with Crippen molar-refractivity contribution in [3.05, 3.63) is 59.2 Å². The fourth-order valence-electron chi connectivity index (χ4n) is 2.60. The van der Waals surface area contributed by atoms with Crippen LogP contribution in [0.15, 0.2) is 42.5 Å². The average molecular weight is 371 g/mol. The van der Waals surface area contributed by atoms with Crippen molar-refractivity contribution in [3.8, 4) is 11.5 Å². The molecule has 0 saturated carbocycles. The summed E-state index contributed by atoms with van der Waals surface area (Å²) in [6.07, 6.45) is 0.979. The first-order chi connectivity index (χ1) is 13.0. The first-order valence-electron chi connectivity index (χ1n) is 8.75. The number of hydrogen-bond donors (Lipinski definition) is 1. The zero-order valence-corrected chi connectivity index (χ0v) is 16.1. The van der Waals surface area contributed by atoms with Crippen LogP contribution in [0.2, 0.25) is 0 Å². The molecular formula is C21H25NO5. The fraction of sp³-hybridized carbons (Fsp3) is 0.333. The lowest BCUT2D eigenvalue weighted by molar-refractivity contribution is -0.123. The minimum Gasteiger partial charge on any atom is -0.496 e. The summed E-state index contributed by atoms with van der Waals surface area (Å²) in [5.74, 6) is 0.0101. The molecule has 6 heteroatoms. The van der Waals surface area contributed by atoms with Gasteiger partial charge in [0.15, 0.2) is 6.61 Å². The number of aryl methyl sites for hydroxylation is 1. The number of amides is 1. The van der Waals surface area contributed by atoms with E-state index < -0.39 is 5.97 Å². The van der Waals surface area contributed by atoms with Gasteiger partial charge < -0.3 is 19.5 Å². The van der Waals surface area contributed by atoms with Gasteiger partial charge in [-0.3, -0.25) is 4.79 Å². The molecule has 1 amide bonds. The van der Waals surface area contributed by atoms with Gasteiger partial charge >= 0.3 is 5.97 Å². The Morgan fingerprint density at radius 3 is 2.37 bits per heavy atom. The zero-order valence-electron chi connectivity index (χ0n) is 16.1. The molecule has 2 rings (SSSR count). The highest BCUT2D eigenvalue weighted by Crippen LogP contribution is 2.25. The van der Waals surface area contributed by atoms with E-state index in [2.05, 4.69) is 24.4 Å². The predicted octanol–water partition coefficient (Wildman–Crippen LogP) is 3.30. The number of carbonyl (C=O) groups is 2. The van der Waals surface area contributed by atoms with E-state index in [-0.39, 0.29) is 18.6 Å². The van der Waals surface area contributed by atoms with Gasteiger partial charge in [-0.15, -0.1) is 0 Å². The summed E-state index contributed by atoms with van der Waals surface area (Å²) in [5.41, 5.74) is 2.58. The molecule has 1 unspecified atom stereocenters. The lowest BCUT2D eigenvalue weighted by Gasteiger charge is -2.15. The van der Waals surface area contributed by atoms with Gasteiger partial charge in [-0.1, -0.05) is 31.2 Å². The number of carbonyl (C=O) groups excluding carboxylic acids is 2. The summed E-state index contributed by atoms with van der Waals surface area (Å²) in [6, 6.07) is 12.7. The lowest BCUT2D eigenvalue weighted by Crippen LogP contribution is -2.31. The Balaban J connectivity index is 1.93. The van der Waals surface area contributed by atoms with Crippen molar-refractivity contribution in [1.29, 1.82) is 0 Å². The van der Waals surface area contributed by atoms with Gasteiger partial charge in [0, 0.05) is 6.07 Å². The van der Waals surface area contributed by atoms with Crippen LogP contribution in [0.25, 0.3) is 0 Å². The molecule has 27 heavy (non-hydrogen) atoms. The average Bonchev–Trinajstić information content (AvgIpc) is 2.71. The minimum absolute atomic E-state index is 0.122. The summed E-state index contributed by atoms with van der Waals surface area (Å²) < 4.78 is 15.4. The molecule has 0 saturated heterocycles. The summed E-state index contributed by atoms with van der Waals surface area (Å²) in [7, 11) is 2.75. The van der Waals surface area contributed by atoms with Gasteiger partial charge in [-0.25, -0.2) is 4.79 Å². The number of esters is 1. The SMILES string of the molecule is CCc1ccc(C(C)NC(=O)COc2ccc(C(=O)OC)c(OC)c2)cc1. The van der Waals surface area contributed by atoms with Gasteiger partial charge in [0.1, 0.15) is 17.1 Å². The largest absolute Gasteiger partial charge is 0.496 e. The Bertz CT molecular complexity index is 786. The third kappa shape index (κ3) is 5.48. The van der Waals surface area contributed by atoms with Crippen LogP contribution < -0.4 is 14.8 Å². The van der Waals surface area contributed by atoms with Crippen LogP contribution >= 0.6 is 0 Å². The molecule has 0 bridgehead atoms. The van der Waals surface area contributed by atoms with Crippen LogP contribution in [0, 0.1) is 0 Å². The third-order valence-electron chi connectivity index (χ3n) is 4.21. The molecule has 2 aromatic rings. The van der Waals surface area contributed by atoms with Crippen molar-refractivity contribution in [3.63, 3.8) is 0 Å². The molecule has 1 N–H and O–H groups in total. The maximum Gasteiger partial charge on any atom is 0.341 e. The first kappa shape index (κ1) is 20.3. The molecule has 0 aliphatic heterocycles. The number of ether oxygens (including phenoxy) is 3. The van der Waals surface area contributed by atoms with Crippen molar-refractivity contribution < 1.29 is 23.8 Å². The predicted molar refractivity (Wildman–Crippen MR) is 102 cm³/mol. The highest BCUT2D eigenvalue weighted by atomic mass is 16.5. The van der Waals surface area contributed by atoms with E-state index >= 15 is 0 Å². The maximum atomic E-state index is 12.2. The molecule has 6 nitrogen and oxygen atoms in total. The van der Waals surface area contributed by atoms with E-state index in [1.165, 1.54) is 25.8 Å². The van der Waals surface area contributed by atoms with Crippen molar-refractivity contribution in [2.24, 2.45) is 0 Å². The zero-order chi connectivity index (χ0) is 19.8. The molecule has 0 spiro atoms. The summed E-state index contributed by atoms with van der Waals surface area (Å²) in [5, 5.41) is 2.90. The summed E-state index contributed by atoms with van der Waals surface area (Å²) in [4.78, 5) is 23.8. The number of benzene rings is 2. The Hall–Kier alpha value is -3.02. The van der Waals surface area contributed by atoms with Crippen molar-refractivity contribution in [1.82, 2.24) is 5.32 Å². The van der Waals surface area contributed by atoms with Crippen LogP contribution in [0.1, 0.15) is 41.4 Å². The lowest BCUT2D eigenvalue weighted by atomic mass is 10.1. The van der Waals surface area contributed by atoms with E-state index in [1.807, 2.05) is 19.1 Å². The van der Waals surface area contributed by atoms with E-state index in [1.54, 1.807) is 12.1 Å². The van der Waals surface area contributed by atoms with E-state index in [0.717, 1.165) is 12.0 Å². The fourth-order valence-corrected chi connectivity index (χ4v) is 2.60. The molecule has 144 valence electrons. The van der Waals surface area contributed by atoms with E-state index in [9.17, 15) is 9.59 Å². The second-order valence-electron chi connectivity index (χ2n) is 6.03. The van der Waals surface area contributed by atoms with Gasteiger partial charge in [-0.05, 0) is 36.6 Å². The molecule has 0 aliphatic carbocycles. The molecule has 0 aliphatic rings. The highest BCUT2D eigenvalue weighted by molar-refractivity contribution is 5.92.